The molecule has 0 radical (unpaired) electrons. The number of nitrogens with zero attached hydrogens (tertiary/aromatic N) is 2. The minimum atomic E-state index is -3.69. The van der Waals surface area contributed by atoms with E-state index in [1.807, 2.05) is 7.05 Å². The molecule has 0 unspecified atom stereocenters. The lowest BCUT2D eigenvalue weighted by molar-refractivity contribution is 0.197. The molecule has 140 valence electrons. The molecule has 1 aliphatic rings. The maximum Gasteiger partial charge on any atom is 0.243 e. The molecule has 0 saturated carbocycles. The molecule has 0 spiro atoms. The summed E-state index contributed by atoms with van der Waals surface area (Å²) in [5.41, 5.74) is 0.575. The van der Waals surface area contributed by atoms with E-state index in [2.05, 4.69) is 4.90 Å². The third-order valence-corrected chi connectivity index (χ3v) is 6.86. The van der Waals surface area contributed by atoms with Crippen molar-refractivity contribution >= 4 is 10.0 Å². The predicted molar refractivity (Wildman–Crippen MR) is 97.3 cm³/mol. The van der Waals surface area contributed by atoms with Crippen LogP contribution in [0.4, 0.5) is 8.78 Å². The minimum Gasteiger partial charge on any atom is -0.306 e. The average molecular weight is 380 g/mol. The second-order valence-electron chi connectivity index (χ2n) is 6.71. The zero-order valence-electron chi connectivity index (χ0n) is 14.8. The third-order valence-electron chi connectivity index (χ3n) is 4.96. The van der Waals surface area contributed by atoms with Gasteiger partial charge in [-0.15, -0.1) is 0 Å². The van der Waals surface area contributed by atoms with Crippen molar-refractivity contribution in [3.63, 3.8) is 0 Å². The van der Waals surface area contributed by atoms with Gasteiger partial charge in [-0.2, -0.15) is 4.31 Å². The van der Waals surface area contributed by atoms with Gasteiger partial charge in [0.25, 0.3) is 0 Å². The van der Waals surface area contributed by atoms with Crippen LogP contribution in [-0.2, 0) is 10.0 Å². The molecule has 1 fully saturated rings. The van der Waals surface area contributed by atoms with Gasteiger partial charge >= 0.3 is 0 Å². The number of sulfonamides is 1. The summed E-state index contributed by atoms with van der Waals surface area (Å²) >= 11 is 0. The Morgan fingerprint density at radius 2 is 1.77 bits per heavy atom. The highest BCUT2D eigenvalue weighted by molar-refractivity contribution is 7.89. The number of hydrogen-bond donors (Lipinski definition) is 0. The summed E-state index contributed by atoms with van der Waals surface area (Å²) in [6.45, 7) is 1.71. The Bertz CT molecular complexity index is 894. The number of piperidine rings is 1. The van der Waals surface area contributed by atoms with Crippen LogP contribution in [0, 0.1) is 11.6 Å². The summed E-state index contributed by atoms with van der Waals surface area (Å²) in [6, 6.07) is 9.35. The molecule has 0 aromatic heterocycles. The van der Waals surface area contributed by atoms with Crippen molar-refractivity contribution < 1.29 is 17.2 Å². The van der Waals surface area contributed by atoms with Gasteiger partial charge in [-0.05, 0) is 62.8 Å². The van der Waals surface area contributed by atoms with Gasteiger partial charge in [-0.1, -0.05) is 12.1 Å². The van der Waals surface area contributed by atoms with Crippen LogP contribution in [0.1, 0.15) is 12.8 Å². The molecule has 0 N–H and O–H groups in total. The van der Waals surface area contributed by atoms with Crippen LogP contribution in [0.15, 0.2) is 47.4 Å². The SMILES string of the molecule is CN1CCC(N(C)S(=O)(=O)c2cccc(-c3ccc(F)cc3F)c2)CC1. The fraction of sp³-hybridized carbons (Fsp3) is 0.368. The first-order chi connectivity index (χ1) is 12.3. The van der Waals surface area contributed by atoms with Gasteiger partial charge in [0.1, 0.15) is 11.6 Å². The smallest absolute Gasteiger partial charge is 0.243 e. The van der Waals surface area contributed by atoms with Gasteiger partial charge in [0.2, 0.25) is 10.0 Å². The number of benzene rings is 2. The van der Waals surface area contributed by atoms with Crippen LogP contribution in [0.2, 0.25) is 0 Å². The quantitative estimate of drug-likeness (QED) is 0.817. The fourth-order valence-electron chi connectivity index (χ4n) is 3.27. The molecule has 7 heteroatoms. The number of hydrogen-bond acceptors (Lipinski definition) is 3. The van der Waals surface area contributed by atoms with Crippen molar-refractivity contribution in [2.75, 3.05) is 27.2 Å². The molecule has 0 amide bonds. The first-order valence-electron chi connectivity index (χ1n) is 8.51. The van der Waals surface area contributed by atoms with E-state index in [1.165, 1.54) is 22.5 Å². The molecule has 1 heterocycles. The summed E-state index contributed by atoms with van der Waals surface area (Å²) in [6.07, 6.45) is 1.55. The van der Waals surface area contributed by atoms with Crippen molar-refractivity contribution in [1.29, 1.82) is 0 Å². The van der Waals surface area contributed by atoms with Crippen molar-refractivity contribution in [3.05, 3.63) is 54.1 Å². The molecule has 3 rings (SSSR count). The molecule has 4 nitrogen and oxygen atoms in total. The monoisotopic (exact) mass is 380 g/mol. The summed E-state index contributed by atoms with van der Waals surface area (Å²) in [4.78, 5) is 2.29. The van der Waals surface area contributed by atoms with Crippen molar-refractivity contribution in [1.82, 2.24) is 9.21 Å². The Morgan fingerprint density at radius 3 is 2.42 bits per heavy atom. The zero-order chi connectivity index (χ0) is 18.9. The maximum absolute atomic E-state index is 14.0. The van der Waals surface area contributed by atoms with Gasteiger partial charge in [0, 0.05) is 24.7 Å². The zero-order valence-corrected chi connectivity index (χ0v) is 15.6. The highest BCUT2D eigenvalue weighted by atomic mass is 32.2. The first-order valence-corrected chi connectivity index (χ1v) is 9.95. The Kier molecular flexibility index (Phi) is 5.41. The molecule has 2 aromatic carbocycles. The van der Waals surface area contributed by atoms with Gasteiger partial charge in [0.05, 0.1) is 4.90 Å². The van der Waals surface area contributed by atoms with E-state index in [1.54, 1.807) is 19.2 Å². The first kappa shape index (κ1) is 18.9. The molecule has 0 atom stereocenters. The second kappa shape index (κ2) is 7.42. The second-order valence-corrected chi connectivity index (χ2v) is 8.71. The summed E-state index contributed by atoms with van der Waals surface area (Å²) in [5.74, 6) is -1.39. The number of likely N-dealkylation sites (tertiary alicyclic amines) is 1. The third kappa shape index (κ3) is 3.79. The van der Waals surface area contributed by atoms with Gasteiger partial charge < -0.3 is 4.90 Å². The summed E-state index contributed by atoms with van der Waals surface area (Å²) in [5, 5.41) is 0. The van der Waals surface area contributed by atoms with Crippen LogP contribution in [0.25, 0.3) is 11.1 Å². The van der Waals surface area contributed by atoms with Crippen LogP contribution >= 0.6 is 0 Å². The Morgan fingerprint density at radius 1 is 1.08 bits per heavy atom. The van der Waals surface area contributed by atoms with Gasteiger partial charge in [-0.3, -0.25) is 0 Å². The highest BCUT2D eigenvalue weighted by Crippen LogP contribution is 2.28. The Balaban J connectivity index is 1.91. The molecule has 0 bridgehead atoms. The average Bonchev–Trinajstić information content (AvgIpc) is 2.62. The van der Waals surface area contributed by atoms with Crippen LogP contribution in [0.3, 0.4) is 0 Å². The topological polar surface area (TPSA) is 40.6 Å². The molecule has 0 aliphatic carbocycles. The van der Waals surface area contributed by atoms with E-state index in [0.29, 0.717) is 5.56 Å². The molecule has 1 aliphatic heterocycles. The van der Waals surface area contributed by atoms with Crippen molar-refractivity contribution in [3.8, 4) is 11.1 Å². The maximum atomic E-state index is 14.0. The molecular formula is C19H22F2N2O2S. The van der Waals surface area contributed by atoms with Gasteiger partial charge in [-0.25, -0.2) is 17.2 Å². The Hall–Kier alpha value is -1.83. The fourth-order valence-corrected chi connectivity index (χ4v) is 4.73. The molecule has 1 saturated heterocycles. The van der Waals surface area contributed by atoms with Gasteiger partial charge in [0.15, 0.2) is 0 Å². The molecular weight excluding hydrogens is 358 g/mol. The van der Waals surface area contributed by atoms with Crippen LogP contribution in [-0.4, -0.2) is 50.8 Å². The largest absolute Gasteiger partial charge is 0.306 e. The normalized spacial score (nSPS) is 17.0. The lowest BCUT2D eigenvalue weighted by atomic mass is 10.1. The van der Waals surface area contributed by atoms with E-state index in [9.17, 15) is 17.2 Å². The lowest BCUT2D eigenvalue weighted by Gasteiger charge is -2.34. The van der Waals surface area contributed by atoms with E-state index in [-0.39, 0.29) is 16.5 Å². The number of rotatable bonds is 4. The summed E-state index contributed by atoms with van der Waals surface area (Å²) < 4.78 is 54.6. The van der Waals surface area contributed by atoms with E-state index < -0.39 is 21.7 Å². The standard InChI is InChI=1S/C19H22F2N2O2S/c1-22-10-8-16(9-11-22)23(2)26(24,25)17-5-3-4-14(12-17)18-7-6-15(20)13-19(18)21/h3-7,12-13,16H,8-11H2,1-2H3. The minimum absolute atomic E-state index is 0.0533. The predicted octanol–water partition coefficient (Wildman–Crippen LogP) is 3.35. The number of halogens is 2. The van der Waals surface area contributed by atoms with E-state index in [4.69, 9.17) is 0 Å². The van der Waals surface area contributed by atoms with E-state index >= 15 is 0 Å². The van der Waals surface area contributed by atoms with E-state index in [0.717, 1.165) is 38.1 Å². The van der Waals surface area contributed by atoms with Crippen LogP contribution in [0.5, 0.6) is 0 Å². The lowest BCUT2D eigenvalue weighted by Crippen LogP contribution is -2.44. The van der Waals surface area contributed by atoms with Crippen molar-refractivity contribution in [2.45, 2.75) is 23.8 Å². The molecule has 2 aromatic rings. The highest BCUT2D eigenvalue weighted by Gasteiger charge is 2.30. The molecule has 26 heavy (non-hydrogen) atoms. The van der Waals surface area contributed by atoms with Crippen LogP contribution < -0.4 is 0 Å². The van der Waals surface area contributed by atoms with Crippen molar-refractivity contribution in [2.24, 2.45) is 0 Å². The summed E-state index contributed by atoms with van der Waals surface area (Å²) in [7, 11) is -0.0763. The Labute approximate surface area is 153 Å².